The average Bonchev–Trinajstić information content (AvgIpc) is 2.47. The van der Waals surface area contributed by atoms with Crippen molar-refractivity contribution in [2.45, 2.75) is 70.1 Å². The number of aliphatic hydroxyl groups is 1. The van der Waals surface area contributed by atoms with Crippen LogP contribution in [0, 0.1) is 5.92 Å². The maximum absolute atomic E-state index is 10.2. The van der Waals surface area contributed by atoms with Crippen LogP contribution in [0.2, 0.25) is 0 Å². The Balaban J connectivity index is 1.88. The monoisotopic (exact) mass is 283 g/mol. The van der Waals surface area contributed by atoms with E-state index in [1.807, 2.05) is 0 Å². The molecule has 4 heteroatoms. The number of aliphatic hydroxyl groups excluding tert-OH is 1. The Kier molecular flexibility index (Phi) is 6.75. The number of rotatable bonds is 6. The number of hydrogen-bond donors (Lipinski definition) is 3. The Bertz CT molecular complexity index is 266. The van der Waals surface area contributed by atoms with Crippen molar-refractivity contribution in [3.05, 3.63) is 0 Å². The predicted molar refractivity (Wildman–Crippen MR) is 83.7 cm³/mol. The van der Waals surface area contributed by atoms with E-state index in [1.165, 1.54) is 32.1 Å². The first-order valence-corrected chi connectivity index (χ1v) is 8.59. The molecule has 4 N–H and O–H groups in total. The van der Waals surface area contributed by atoms with Crippen molar-refractivity contribution < 1.29 is 5.11 Å². The highest BCUT2D eigenvalue weighted by molar-refractivity contribution is 4.88. The van der Waals surface area contributed by atoms with E-state index in [1.54, 1.807) is 0 Å². The Morgan fingerprint density at radius 3 is 2.60 bits per heavy atom. The number of piperidine rings is 1. The number of nitrogens with two attached hydrogens (primary N) is 1. The normalized spacial score (nSPS) is 31.4. The van der Waals surface area contributed by atoms with Gasteiger partial charge in [-0.25, -0.2) is 0 Å². The first kappa shape index (κ1) is 16.2. The number of nitrogens with zero attached hydrogens (tertiary/aromatic N) is 1. The minimum atomic E-state index is -0.161. The summed E-state index contributed by atoms with van der Waals surface area (Å²) in [5.74, 6) is 0.404. The van der Waals surface area contributed by atoms with Crippen molar-refractivity contribution >= 4 is 0 Å². The van der Waals surface area contributed by atoms with Gasteiger partial charge in [0.15, 0.2) is 0 Å². The molecule has 1 saturated carbocycles. The van der Waals surface area contributed by atoms with Gasteiger partial charge in [0.2, 0.25) is 0 Å². The van der Waals surface area contributed by atoms with Gasteiger partial charge < -0.3 is 21.1 Å². The molecule has 2 aliphatic rings. The van der Waals surface area contributed by atoms with Gasteiger partial charge in [0, 0.05) is 38.3 Å². The molecule has 20 heavy (non-hydrogen) atoms. The molecule has 0 aromatic heterocycles. The van der Waals surface area contributed by atoms with Crippen molar-refractivity contribution in [1.82, 2.24) is 10.2 Å². The molecule has 0 radical (unpaired) electrons. The highest BCUT2D eigenvalue weighted by Crippen LogP contribution is 2.24. The van der Waals surface area contributed by atoms with E-state index in [2.05, 4.69) is 17.1 Å². The lowest BCUT2D eigenvalue weighted by Crippen LogP contribution is -2.54. The third-order valence-electron chi connectivity index (χ3n) is 5.04. The lowest BCUT2D eigenvalue weighted by molar-refractivity contribution is 0.0338. The Labute approximate surface area is 124 Å². The SMILES string of the molecule is CCC(O)C1CC(NC2CCCCC2)CN(CCN)C1. The molecule has 0 amide bonds. The van der Waals surface area contributed by atoms with Crippen molar-refractivity contribution in [2.75, 3.05) is 26.2 Å². The molecule has 0 aromatic rings. The molecular formula is C16H33N3O. The molecule has 4 nitrogen and oxygen atoms in total. The van der Waals surface area contributed by atoms with Crippen molar-refractivity contribution in [1.29, 1.82) is 0 Å². The lowest BCUT2D eigenvalue weighted by atomic mass is 9.87. The third-order valence-corrected chi connectivity index (χ3v) is 5.04. The molecule has 1 aliphatic carbocycles. The van der Waals surface area contributed by atoms with Gasteiger partial charge in [0.25, 0.3) is 0 Å². The smallest absolute Gasteiger partial charge is 0.0578 e. The zero-order valence-corrected chi connectivity index (χ0v) is 13.1. The van der Waals surface area contributed by atoms with E-state index in [9.17, 15) is 5.11 Å². The van der Waals surface area contributed by atoms with Gasteiger partial charge in [0.05, 0.1) is 6.10 Å². The number of nitrogens with one attached hydrogen (secondary N) is 1. The largest absolute Gasteiger partial charge is 0.393 e. The Morgan fingerprint density at radius 1 is 1.20 bits per heavy atom. The maximum atomic E-state index is 10.2. The van der Waals surface area contributed by atoms with Crippen LogP contribution in [-0.4, -0.2) is 54.4 Å². The summed E-state index contributed by atoms with van der Waals surface area (Å²) in [7, 11) is 0. The van der Waals surface area contributed by atoms with Crippen LogP contribution >= 0.6 is 0 Å². The fourth-order valence-corrected chi connectivity index (χ4v) is 3.93. The molecular weight excluding hydrogens is 250 g/mol. The minimum absolute atomic E-state index is 0.161. The third kappa shape index (κ3) is 4.69. The minimum Gasteiger partial charge on any atom is -0.393 e. The Hall–Kier alpha value is -0.160. The second kappa shape index (κ2) is 8.32. The quantitative estimate of drug-likeness (QED) is 0.688. The summed E-state index contributed by atoms with van der Waals surface area (Å²) in [6.45, 7) is 5.85. The highest BCUT2D eigenvalue weighted by Gasteiger charge is 2.31. The summed E-state index contributed by atoms with van der Waals surface area (Å²) >= 11 is 0. The molecule has 0 spiro atoms. The highest BCUT2D eigenvalue weighted by atomic mass is 16.3. The zero-order valence-electron chi connectivity index (χ0n) is 13.1. The molecule has 0 bridgehead atoms. The summed E-state index contributed by atoms with van der Waals surface area (Å²) < 4.78 is 0. The van der Waals surface area contributed by atoms with Crippen LogP contribution in [0.3, 0.4) is 0 Å². The zero-order chi connectivity index (χ0) is 14.4. The van der Waals surface area contributed by atoms with Crippen molar-refractivity contribution in [3.63, 3.8) is 0 Å². The first-order valence-electron chi connectivity index (χ1n) is 8.59. The predicted octanol–water partition coefficient (Wildman–Crippen LogP) is 1.33. The van der Waals surface area contributed by atoms with Gasteiger partial charge in [-0.3, -0.25) is 0 Å². The van der Waals surface area contributed by atoms with Crippen LogP contribution < -0.4 is 11.1 Å². The molecule has 118 valence electrons. The standard InChI is InChI=1S/C16H33N3O/c1-2-16(20)13-10-15(12-19(11-13)9-8-17)18-14-6-4-3-5-7-14/h13-16,18,20H,2-12,17H2,1H3. The van der Waals surface area contributed by atoms with Crippen LogP contribution in [-0.2, 0) is 0 Å². The summed E-state index contributed by atoms with van der Waals surface area (Å²) in [5.41, 5.74) is 5.72. The summed E-state index contributed by atoms with van der Waals surface area (Å²) in [5, 5.41) is 14.1. The van der Waals surface area contributed by atoms with E-state index in [0.29, 0.717) is 24.5 Å². The second-order valence-electron chi connectivity index (χ2n) is 6.72. The van der Waals surface area contributed by atoms with Crippen LogP contribution in [0.1, 0.15) is 51.9 Å². The molecule has 1 heterocycles. The van der Waals surface area contributed by atoms with Crippen LogP contribution in [0.5, 0.6) is 0 Å². The van der Waals surface area contributed by atoms with Crippen LogP contribution in [0.15, 0.2) is 0 Å². The second-order valence-corrected chi connectivity index (χ2v) is 6.72. The maximum Gasteiger partial charge on any atom is 0.0578 e. The van der Waals surface area contributed by atoms with Gasteiger partial charge in [-0.1, -0.05) is 26.2 Å². The van der Waals surface area contributed by atoms with Gasteiger partial charge in [-0.15, -0.1) is 0 Å². The molecule has 1 aliphatic heterocycles. The lowest BCUT2D eigenvalue weighted by Gasteiger charge is -2.41. The molecule has 2 fully saturated rings. The van der Waals surface area contributed by atoms with Gasteiger partial charge in [-0.05, 0) is 31.6 Å². The molecule has 1 saturated heterocycles. The summed E-state index contributed by atoms with van der Waals surface area (Å²) in [6.07, 6.45) is 8.62. The van der Waals surface area contributed by atoms with Crippen molar-refractivity contribution in [2.24, 2.45) is 11.7 Å². The topological polar surface area (TPSA) is 61.5 Å². The number of likely N-dealkylation sites (tertiary alicyclic amines) is 1. The van der Waals surface area contributed by atoms with Gasteiger partial charge in [-0.2, -0.15) is 0 Å². The van der Waals surface area contributed by atoms with Crippen LogP contribution in [0.25, 0.3) is 0 Å². The van der Waals surface area contributed by atoms with E-state index in [0.717, 1.165) is 32.5 Å². The number of hydrogen-bond acceptors (Lipinski definition) is 4. The van der Waals surface area contributed by atoms with E-state index in [-0.39, 0.29) is 6.10 Å². The molecule has 2 rings (SSSR count). The fraction of sp³-hybridized carbons (Fsp3) is 1.00. The average molecular weight is 283 g/mol. The molecule has 0 aromatic carbocycles. The van der Waals surface area contributed by atoms with E-state index in [4.69, 9.17) is 5.73 Å². The molecule has 3 atom stereocenters. The molecule has 3 unspecified atom stereocenters. The fourth-order valence-electron chi connectivity index (χ4n) is 3.93. The van der Waals surface area contributed by atoms with Gasteiger partial charge >= 0.3 is 0 Å². The first-order chi connectivity index (χ1) is 9.72. The Morgan fingerprint density at radius 2 is 1.95 bits per heavy atom. The van der Waals surface area contributed by atoms with Gasteiger partial charge in [0.1, 0.15) is 0 Å². The van der Waals surface area contributed by atoms with Crippen LogP contribution in [0.4, 0.5) is 0 Å². The summed E-state index contributed by atoms with van der Waals surface area (Å²) in [6, 6.07) is 1.23. The van der Waals surface area contributed by atoms with Crippen molar-refractivity contribution in [3.8, 4) is 0 Å². The van der Waals surface area contributed by atoms with E-state index >= 15 is 0 Å². The van der Waals surface area contributed by atoms with E-state index < -0.39 is 0 Å². The summed E-state index contributed by atoms with van der Waals surface area (Å²) in [4.78, 5) is 2.44.